The predicted octanol–water partition coefficient (Wildman–Crippen LogP) is 4.42. The minimum atomic E-state index is 0.525. The Kier molecular flexibility index (Phi) is 4.53. The minimum Gasteiger partial charge on any atom is -0.356 e. The molecule has 0 unspecified atom stereocenters. The number of benzene rings is 1. The van der Waals surface area contributed by atoms with Crippen molar-refractivity contribution in [1.29, 1.82) is 0 Å². The molecular formula is C23H29N5. The highest BCUT2D eigenvalue weighted by Gasteiger charge is 2.27. The second kappa shape index (κ2) is 7.19. The molecule has 1 fully saturated rings. The Hall–Kier alpha value is -2.43. The number of rotatable bonds is 3. The molecule has 2 aromatic heterocycles. The number of piperidine rings is 1. The van der Waals surface area contributed by atoms with Gasteiger partial charge in [0.1, 0.15) is 17.5 Å². The zero-order valence-electron chi connectivity index (χ0n) is 17.0. The summed E-state index contributed by atoms with van der Waals surface area (Å²) in [6, 6.07) is 9.10. The van der Waals surface area contributed by atoms with E-state index < -0.39 is 0 Å². The van der Waals surface area contributed by atoms with Crippen molar-refractivity contribution in [2.45, 2.75) is 64.8 Å². The minimum absolute atomic E-state index is 0.525. The molecule has 146 valence electrons. The van der Waals surface area contributed by atoms with Gasteiger partial charge >= 0.3 is 0 Å². The van der Waals surface area contributed by atoms with Gasteiger partial charge in [-0.15, -0.1) is 0 Å². The number of fused-ring (bicyclic) bond motifs is 2. The zero-order valence-corrected chi connectivity index (χ0v) is 17.0. The number of hydrogen-bond donors (Lipinski definition) is 0. The van der Waals surface area contributed by atoms with Crippen LogP contribution in [0.25, 0.3) is 11.0 Å². The SMILES string of the molecule is CCc1nc2ccccc2n1C1CCN(c2nc(C)nc3c2CCCC3)CC1. The molecule has 3 heterocycles. The molecule has 0 radical (unpaired) electrons. The normalized spacial score (nSPS) is 17.9. The summed E-state index contributed by atoms with van der Waals surface area (Å²) in [5, 5.41) is 0. The van der Waals surface area contributed by atoms with E-state index in [0.717, 1.165) is 56.5 Å². The van der Waals surface area contributed by atoms with Crippen LogP contribution in [-0.4, -0.2) is 32.6 Å². The van der Waals surface area contributed by atoms with Gasteiger partial charge in [-0.3, -0.25) is 0 Å². The zero-order chi connectivity index (χ0) is 19.1. The van der Waals surface area contributed by atoms with E-state index in [2.05, 4.69) is 40.7 Å². The Morgan fingerprint density at radius 3 is 2.61 bits per heavy atom. The average molecular weight is 376 g/mol. The van der Waals surface area contributed by atoms with Crippen molar-refractivity contribution < 1.29 is 0 Å². The van der Waals surface area contributed by atoms with Crippen molar-refractivity contribution in [3.05, 3.63) is 47.2 Å². The van der Waals surface area contributed by atoms with Crippen molar-refractivity contribution in [3.8, 4) is 0 Å². The van der Waals surface area contributed by atoms with Gasteiger partial charge in [0.25, 0.3) is 0 Å². The second-order valence-electron chi connectivity index (χ2n) is 8.19. The molecule has 5 nitrogen and oxygen atoms in total. The van der Waals surface area contributed by atoms with Gasteiger partial charge in [-0.05, 0) is 57.6 Å². The molecule has 1 aliphatic carbocycles. The first kappa shape index (κ1) is 17.7. The van der Waals surface area contributed by atoms with E-state index in [9.17, 15) is 0 Å². The largest absolute Gasteiger partial charge is 0.356 e. The van der Waals surface area contributed by atoms with Crippen LogP contribution in [0.1, 0.15) is 61.6 Å². The summed E-state index contributed by atoms with van der Waals surface area (Å²) in [7, 11) is 0. The molecule has 0 atom stereocenters. The lowest BCUT2D eigenvalue weighted by molar-refractivity contribution is 0.393. The first-order valence-electron chi connectivity index (χ1n) is 10.8. The van der Waals surface area contributed by atoms with Crippen molar-refractivity contribution in [3.63, 3.8) is 0 Å². The van der Waals surface area contributed by atoms with Gasteiger partial charge in [0.2, 0.25) is 0 Å². The average Bonchev–Trinajstić information content (AvgIpc) is 3.12. The maximum Gasteiger partial charge on any atom is 0.135 e. The molecule has 0 N–H and O–H groups in total. The van der Waals surface area contributed by atoms with Gasteiger partial charge in [-0.25, -0.2) is 15.0 Å². The molecule has 0 saturated carbocycles. The standard InChI is InChI=1S/C23H29N5/c1-3-22-26-20-10-6-7-11-21(20)28(22)17-12-14-27(15-13-17)23-18-8-4-5-9-19(18)24-16(2)25-23/h6-7,10-11,17H,3-5,8-9,12-15H2,1-2H3. The number of aromatic nitrogens is 4. The number of hydrogen-bond acceptors (Lipinski definition) is 4. The van der Waals surface area contributed by atoms with Gasteiger partial charge in [0.05, 0.1) is 11.0 Å². The van der Waals surface area contributed by atoms with E-state index in [-0.39, 0.29) is 0 Å². The lowest BCUT2D eigenvalue weighted by atomic mass is 9.95. The molecule has 1 aromatic carbocycles. The summed E-state index contributed by atoms with van der Waals surface area (Å²) in [5.41, 5.74) is 5.12. The van der Waals surface area contributed by atoms with Crippen molar-refractivity contribution in [2.75, 3.05) is 18.0 Å². The third-order valence-corrected chi connectivity index (χ3v) is 6.39. The Balaban J connectivity index is 1.42. The van der Waals surface area contributed by atoms with Crippen LogP contribution in [0.2, 0.25) is 0 Å². The number of para-hydroxylation sites is 2. The Morgan fingerprint density at radius 2 is 1.79 bits per heavy atom. The van der Waals surface area contributed by atoms with Crippen molar-refractivity contribution >= 4 is 16.9 Å². The highest BCUT2D eigenvalue weighted by atomic mass is 15.2. The van der Waals surface area contributed by atoms with Crippen LogP contribution < -0.4 is 4.90 Å². The number of nitrogens with zero attached hydrogens (tertiary/aromatic N) is 5. The Morgan fingerprint density at radius 1 is 1.00 bits per heavy atom. The Bertz CT molecular complexity index is 998. The highest BCUT2D eigenvalue weighted by molar-refractivity contribution is 5.76. The van der Waals surface area contributed by atoms with Gasteiger partial charge in [0, 0.05) is 36.8 Å². The van der Waals surface area contributed by atoms with Crippen LogP contribution >= 0.6 is 0 Å². The molecule has 3 aromatic rings. The Labute approximate surface area is 166 Å². The molecule has 1 aliphatic heterocycles. The number of imidazole rings is 1. The third-order valence-electron chi connectivity index (χ3n) is 6.39. The first-order valence-corrected chi connectivity index (χ1v) is 10.8. The molecule has 5 rings (SSSR count). The third kappa shape index (κ3) is 2.97. The van der Waals surface area contributed by atoms with E-state index in [1.807, 2.05) is 6.92 Å². The van der Waals surface area contributed by atoms with E-state index >= 15 is 0 Å². The topological polar surface area (TPSA) is 46.8 Å². The number of anilines is 1. The lowest BCUT2D eigenvalue weighted by Crippen LogP contribution is -2.36. The van der Waals surface area contributed by atoms with Crippen LogP contribution in [0.5, 0.6) is 0 Å². The van der Waals surface area contributed by atoms with Crippen LogP contribution in [0, 0.1) is 6.92 Å². The molecule has 5 heteroatoms. The van der Waals surface area contributed by atoms with Gasteiger partial charge < -0.3 is 9.47 Å². The van der Waals surface area contributed by atoms with E-state index in [0.29, 0.717) is 6.04 Å². The highest BCUT2D eigenvalue weighted by Crippen LogP contribution is 2.34. The molecule has 0 spiro atoms. The summed E-state index contributed by atoms with van der Waals surface area (Å²) in [6.07, 6.45) is 8.05. The van der Waals surface area contributed by atoms with E-state index in [4.69, 9.17) is 15.0 Å². The lowest BCUT2D eigenvalue weighted by Gasteiger charge is -2.36. The van der Waals surface area contributed by atoms with Gasteiger partial charge in [0.15, 0.2) is 0 Å². The molecule has 0 bridgehead atoms. The fraction of sp³-hybridized carbons (Fsp3) is 0.522. The van der Waals surface area contributed by atoms with E-state index in [1.54, 1.807) is 0 Å². The second-order valence-corrected chi connectivity index (χ2v) is 8.19. The van der Waals surface area contributed by atoms with Crippen molar-refractivity contribution in [1.82, 2.24) is 19.5 Å². The van der Waals surface area contributed by atoms with Gasteiger partial charge in [-0.2, -0.15) is 0 Å². The van der Waals surface area contributed by atoms with Crippen molar-refractivity contribution in [2.24, 2.45) is 0 Å². The number of aryl methyl sites for hydroxylation is 3. The summed E-state index contributed by atoms with van der Waals surface area (Å²) in [5.74, 6) is 3.36. The summed E-state index contributed by atoms with van der Waals surface area (Å²) in [6.45, 7) is 6.37. The maximum atomic E-state index is 4.88. The summed E-state index contributed by atoms with van der Waals surface area (Å²) in [4.78, 5) is 17.0. The quantitative estimate of drug-likeness (QED) is 0.680. The first-order chi connectivity index (χ1) is 13.7. The van der Waals surface area contributed by atoms with Crippen LogP contribution in [0.4, 0.5) is 5.82 Å². The maximum absolute atomic E-state index is 4.88. The monoisotopic (exact) mass is 375 g/mol. The van der Waals surface area contributed by atoms with Crippen LogP contribution in [0.15, 0.2) is 24.3 Å². The molecule has 1 saturated heterocycles. The van der Waals surface area contributed by atoms with Crippen LogP contribution in [0.3, 0.4) is 0 Å². The predicted molar refractivity (Wildman–Crippen MR) is 113 cm³/mol. The fourth-order valence-electron chi connectivity index (χ4n) is 5.04. The molecule has 2 aliphatic rings. The molecule has 28 heavy (non-hydrogen) atoms. The van der Waals surface area contributed by atoms with Crippen LogP contribution in [-0.2, 0) is 19.3 Å². The smallest absolute Gasteiger partial charge is 0.135 e. The van der Waals surface area contributed by atoms with E-state index in [1.165, 1.54) is 41.3 Å². The fourth-order valence-corrected chi connectivity index (χ4v) is 5.04. The summed E-state index contributed by atoms with van der Waals surface area (Å²) >= 11 is 0. The summed E-state index contributed by atoms with van der Waals surface area (Å²) < 4.78 is 2.51. The van der Waals surface area contributed by atoms with Gasteiger partial charge in [-0.1, -0.05) is 19.1 Å². The molecular weight excluding hydrogens is 346 g/mol. The molecule has 0 amide bonds.